The topological polar surface area (TPSA) is 94.5 Å². The molecule has 8 nitrogen and oxygen atoms in total. The number of fused-ring (bicyclic) bond motifs is 4. The second-order valence-electron chi connectivity index (χ2n) is 10.5. The lowest BCUT2D eigenvalue weighted by Gasteiger charge is -2.54. The summed E-state index contributed by atoms with van der Waals surface area (Å²) in [6.07, 6.45) is 2.54. The Morgan fingerprint density at radius 3 is 2.75 bits per heavy atom. The molecular weight excluding hydrogens is 462 g/mol. The van der Waals surface area contributed by atoms with Crippen LogP contribution in [0.2, 0.25) is 0 Å². The third-order valence-electron chi connectivity index (χ3n) is 8.32. The fourth-order valence-electron chi connectivity index (χ4n) is 6.51. The monoisotopic (exact) mass is 493 g/mol. The molecule has 0 radical (unpaired) electrons. The number of carboxylic acids is 1. The van der Waals surface area contributed by atoms with Crippen molar-refractivity contribution in [3.05, 3.63) is 53.6 Å². The highest BCUT2D eigenvalue weighted by Crippen LogP contribution is 2.55. The number of aliphatic carboxylic acids is 1. The van der Waals surface area contributed by atoms with Crippen LogP contribution in [-0.2, 0) is 9.53 Å². The van der Waals surface area contributed by atoms with E-state index in [1.54, 1.807) is 6.07 Å². The van der Waals surface area contributed by atoms with E-state index in [4.69, 9.17) is 18.9 Å². The molecule has 6 rings (SSSR count). The highest BCUT2D eigenvalue weighted by atomic mass is 16.6. The van der Waals surface area contributed by atoms with Crippen molar-refractivity contribution >= 4 is 11.9 Å². The van der Waals surface area contributed by atoms with Crippen LogP contribution in [0.15, 0.2) is 42.5 Å². The van der Waals surface area contributed by atoms with Gasteiger partial charge in [0.05, 0.1) is 23.8 Å². The SMILES string of the molecule is C[C@@]1(CCC(=O)O)Oc2ccccc2[C@@H]2OC[C@]3(CCCN3C(=O)c3cccc4c3OCCO4)C[C@H]21. The molecule has 0 unspecified atom stereocenters. The summed E-state index contributed by atoms with van der Waals surface area (Å²) >= 11 is 0. The molecule has 0 aliphatic carbocycles. The number of carbonyl (C=O) groups is 2. The molecule has 2 aromatic rings. The van der Waals surface area contributed by atoms with Crippen molar-refractivity contribution in [2.75, 3.05) is 26.4 Å². The van der Waals surface area contributed by atoms with Gasteiger partial charge in [-0.25, -0.2) is 0 Å². The van der Waals surface area contributed by atoms with Crippen LogP contribution in [0.4, 0.5) is 0 Å². The third-order valence-corrected chi connectivity index (χ3v) is 8.32. The van der Waals surface area contributed by atoms with Crippen LogP contribution in [0.1, 0.15) is 61.1 Å². The van der Waals surface area contributed by atoms with Gasteiger partial charge in [-0.3, -0.25) is 9.59 Å². The van der Waals surface area contributed by atoms with Gasteiger partial charge in [0.2, 0.25) is 0 Å². The smallest absolute Gasteiger partial charge is 0.303 e. The molecule has 0 saturated carbocycles. The summed E-state index contributed by atoms with van der Waals surface area (Å²) in [7, 11) is 0. The van der Waals surface area contributed by atoms with Gasteiger partial charge in [0, 0.05) is 24.4 Å². The summed E-state index contributed by atoms with van der Waals surface area (Å²) in [5, 5.41) is 9.43. The molecule has 0 bridgehead atoms. The molecule has 36 heavy (non-hydrogen) atoms. The number of carboxylic acid groups (broad SMARTS) is 1. The van der Waals surface area contributed by atoms with Gasteiger partial charge in [0.15, 0.2) is 11.5 Å². The van der Waals surface area contributed by atoms with Crippen LogP contribution in [0.3, 0.4) is 0 Å². The Kier molecular flexibility index (Phi) is 5.59. The van der Waals surface area contributed by atoms with Crippen LogP contribution in [0, 0.1) is 5.92 Å². The molecule has 1 N–H and O–H groups in total. The molecule has 2 aromatic carbocycles. The number of hydrogen-bond donors (Lipinski definition) is 1. The average Bonchev–Trinajstić information content (AvgIpc) is 3.29. The lowest BCUT2D eigenvalue weighted by Crippen LogP contribution is -2.60. The van der Waals surface area contributed by atoms with Crippen molar-refractivity contribution in [2.24, 2.45) is 5.92 Å². The summed E-state index contributed by atoms with van der Waals surface area (Å²) in [4.78, 5) is 27.4. The summed E-state index contributed by atoms with van der Waals surface area (Å²) < 4.78 is 24.7. The first-order valence-electron chi connectivity index (χ1n) is 12.7. The van der Waals surface area contributed by atoms with E-state index in [9.17, 15) is 14.7 Å². The molecule has 2 saturated heterocycles. The summed E-state index contributed by atoms with van der Waals surface area (Å²) in [6, 6.07) is 13.3. The van der Waals surface area contributed by atoms with Crippen molar-refractivity contribution in [3.8, 4) is 17.2 Å². The Morgan fingerprint density at radius 1 is 1.08 bits per heavy atom. The number of amides is 1. The number of hydrogen-bond acceptors (Lipinski definition) is 6. The van der Waals surface area contributed by atoms with Crippen molar-refractivity contribution < 1.29 is 33.6 Å². The largest absolute Gasteiger partial charge is 0.487 e. The lowest BCUT2D eigenvalue weighted by molar-refractivity contribution is -0.169. The molecule has 4 aliphatic rings. The number of para-hydroxylation sites is 2. The maximum atomic E-state index is 14.0. The summed E-state index contributed by atoms with van der Waals surface area (Å²) in [5.41, 5.74) is 0.278. The molecule has 0 aromatic heterocycles. The Balaban J connectivity index is 1.34. The van der Waals surface area contributed by atoms with E-state index < -0.39 is 17.1 Å². The maximum Gasteiger partial charge on any atom is 0.303 e. The molecule has 4 atom stereocenters. The third kappa shape index (κ3) is 3.70. The summed E-state index contributed by atoms with van der Waals surface area (Å²) in [5.74, 6) is 0.815. The van der Waals surface area contributed by atoms with Gasteiger partial charge < -0.3 is 29.0 Å². The fraction of sp³-hybridized carbons (Fsp3) is 0.500. The molecule has 2 fully saturated rings. The number of ether oxygens (including phenoxy) is 4. The van der Waals surface area contributed by atoms with Gasteiger partial charge in [-0.15, -0.1) is 0 Å². The van der Waals surface area contributed by atoms with Crippen LogP contribution >= 0.6 is 0 Å². The van der Waals surface area contributed by atoms with Crippen LogP contribution in [0.5, 0.6) is 17.2 Å². The first-order chi connectivity index (χ1) is 17.4. The minimum absolute atomic E-state index is 0.00498. The normalized spacial score (nSPS) is 30.3. The zero-order chi connectivity index (χ0) is 24.9. The second kappa shape index (κ2) is 8.69. The fourth-order valence-corrected chi connectivity index (χ4v) is 6.51. The second-order valence-corrected chi connectivity index (χ2v) is 10.5. The molecule has 8 heteroatoms. The van der Waals surface area contributed by atoms with Crippen LogP contribution in [0.25, 0.3) is 0 Å². The van der Waals surface area contributed by atoms with Gasteiger partial charge in [-0.05, 0) is 50.8 Å². The lowest BCUT2D eigenvalue weighted by atomic mass is 9.68. The Labute approximate surface area is 210 Å². The number of nitrogens with zero attached hydrogens (tertiary/aromatic N) is 1. The molecule has 4 heterocycles. The first-order valence-corrected chi connectivity index (χ1v) is 12.7. The maximum absolute atomic E-state index is 14.0. The minimum Gasteiger partial charge on any atom is -0.487 e. The zero-order valence-corrected chi connectivity index (χ0v) is 20.4. The molecular formula is C28H31NO7. The molecule has 1 spiro atoms. The van der Waals surface area contributed by atoms with Gasteiger partial charge in [-0.1, -0.05) is 24.3 Å². The summed E-state index contributed by atoms with van der Waals surface area (Å²) in [6.45, 7) is 3.92. The van der Waals surface area contributed by atoms with Gasteiger partial charge >= 0.3 is 5.97 Å². The van der Waals surface area contributed by atoms with E-state index >= 15 is 0 Å². The predicted octanol–water partition coefficient (Wildman–Crippen LogP) is 4.23. The molecule has 1 amide bonds. The highest BCUT2D eigenvalue weighted by molar-refractivity contribution is 5.98. The van der Waals surface area contributed by atoms with Gasteiger partial charge in [0.1, 0.15) is 24.6 Å². The van der Waals surface area contributed by atoms with Crippen molar-refractivity contribution in [1.29, 1.82) is 0 Å². The molecule has 4 aliphatic heterocycles. The Hall–Kier alpha value is -3.26. The quantitative estimate of drug-likeness (QED) is 0.681. The Bertz CT molecular complexity index is 1200. The predicted molar refractivity (Wildman–Crippen MR) is 130 cm³/mol. The minimum atomic E-state index is -0.851. The van der Waals surface area contributed by atoms with E-state index in [0.717, 1.165) is 24.2 Å². The highest BCUT2D eigenvalue weighted by Gasteiger charge is 2.57. The molecule has 190 valence electrons. The Morgan fingerprint density at radius 2 is 1.89 bits per heavy atom. The first kappa shape index (κ1) is 23.2. The van der Waals surface area contributed by atoms with E-state index in [-0.39, 0.29) is 24.3 Å². The van der Waals surface area contributed by atoms with Crippen LogP contribution in [-0.4, -0.2) is 59.4 Å². The van der Waals surface area contributed by atoms with Crippen LogP contribution < -0.4 is 14.2 Å². The number of likely N-dealkylation sites (tertiary alicyclic amines) is 1. The van der Waals surface area contributed by atoms with Crippen molar-refractivity contribution in [1.82, 2.24) is 4.90 Å². The van der Waals surface area contributed by atoms with Gasteiger partial charge in [0.25, 0.3) is 5.91 Å². The van der Waals surface area contributed by atoms with Crippen molar-refractivity contribution in [2.45, 2.75) is 56.3 Å². The number of carbonyl (C=O) groups excluding carboxylic acids is 1. The number of benzene rings is 2. The standard InChI is InChI=1S/C28H31NO7/c1-27(12-10-23(30)31)20-16-28(17-35-24(20)18-6-2-3-8-21(18)36-27)11-5-13-29(28)26(32)19-7-4-9-22-25(19)34-15-14-33-22/h2-4,6-9,20,24H,5,10-17H2,1H3,(H,30,31)/t20-,24+,27+,28+/m1/s1. The van der Waals surface area contributed by atoms with E-state index in [1.165, 1.54) is 0 Å². The van der Waals surface area contributed by atoms with Gasteiger partial charge in [-0.2, -0.15) is 0 Å². The van der Waals surface area contributed by atoms with E-state index in [0.29, 0.717) is 56.3 Å². The van der Waals surface area contributed by atoms with E-state index in [1.807, 2.05) is 48.2 Å². The van der Waals surface area contributed by atoms with E-state index in [2.05, 4.69) is 0 Å². The van der Waals surface area contributed by atoms with Crippen molar-refractivity contribution in [3.63, 3.8) is 0 Å². The average molecular weight is 494 g/mol. The number of rotatable bonds is 4. The zero-order valence-electron chi connectivity index (χ0n) is 20.4.